The summed E-state index contributed by atoms with van der Waals surface area (Å²) in [5.41, 5.74) is 2.67. The SMILES string of the molecule is O=C(C[n+]1cccc(C(=O)c2cc3ccccc3[nH]2)c1)c1ccccc1.[Br-]. The number of hydrogen-bond acceptors (Lipinski definition) is 2. The number of halogens is 1. The Morgan fingerprint density at radius 2 is 1.56 bits per heavy atom. The van der Waals surface area contributed by atoms with Gasteiger partial charge in [-0.15, -0.1) is 0 Å². The number of aromatic amines is 1. The largest absolute Gasteiger partial charge is 1.00 e. The van der Waals surface area contributed by atoms with Crippen LogP contribution < -0.4 is 21.5 Å². The van der Waals surface area contributed by atoms with Crippen molar-refractivity contribution in [3.63, 3.8) is 0 Å². The van der Waals surface area contributed by atoms with Gasteiger partial charge in [0, 0.05) is 22.5 Å². The van der Waals surface area contributed by atoms with Gasteiger partial charge in [-0.1, -0.05) is 48.5 Å². The topological polar surface area (TPSA) is 53.8 Å². The van der Waals surface area contributed by atoms with Crippen LogP contribution in [0.15, 0.2) is 85.2 Å². The summed E-state index contributed by atoms with van der Waals surface area (Å²) in [7, 11) is 0. The molecule has 0 saturated carbocycles. The third-order valence-corrected chi connectivity index (χ3v) is 4.32. The van der Waals surface area contributed by atoms with Gasteiger partial charge < -0.3 is 22.0 Å². The van der Waals surface area contributed by atoms with Crippen LogP contribution in [-0.2, 0) is 6.54 Å². The van der Waals surface area contributed by atoms with E-state index in [1.54, 1.807) is 41.2 Å². The zero-order valence-electron chi connectivity index (χ0n) is 14.4. The minimum atomic E-state index is -0.0947. The molecule has 4 aromatic rings. The second kappa shape index (κ2) is 8.10. The summed E-state index contributed by atoms with van der Waals surface area (Å²) in [5.74, 6) is -0.0893. The lowest BCUT2D eigenvalue weighted by atomic mass is 10.1. The second-order valence-corrected chi connectivity index (χ2v) is 6.15. The van der Waals surface area contributed by atoms with Gasteiger partial charge in [-0.05, 0) is 18.2 Å². The number of Topliss-reactive ketones (excluding diaryl/α,β-unsaturated/α-hetero) is 1. The van der Waals surface area contributed by atoms with Crippen molar-refractivity contribution in [3.8, 4) is 0 Å². The number of pyridine rings is 1. The fraction of sp³-hybridized carbons (Fsp3) is 0.0455. The second-order valence-electron chi connectivity index (χ2n) is 6.15. The molecule has 0 spiro atoms. The summed E-state index contributed by atoms with van der Waals surface area (Å²) in [6, 6.07) is 22.3. The number of aromatic nitrogens is 2. The van der Waals surface area contributed by atoms with Crippen molar-refractivity contribution in [2.45, 2.75) is 6.54 Å². The van der Waals surface area contributed by atoms with Crippen LogP contribution in [0.1, 0.15) is 26.4 Å². The van der Waals surface area contributed by atoms with E-state index in [9.17, 15) is 9.59 Å². The van der Waals surface area contributed by atoms with Crippen LogP contribution in [0.25, 0.3) is 10.9 Å². The van der Waals surface area contributed by atoms with E-state index < -0.39 is 0 Å². The van der Waals surface area contributed by atoms with E-state index in [1.165, 1.54) is 0 Å². The molecular formula is C22H17BrN2O2. The third kappa shape index (κ3) is 4.04. The first-order valence-electron chi connectivity index (χ1n) is 8.40. The quantitative estimate of drug-likeness (QED) is 0.379. The Kier molecular flexibility index (Phi) is 5.62. The average molecular weight is 421 g/mol. The molecule has 1 N–H and O–H groups in total. The standard InChI is InChI=1S/C22H16N2O2.BrH/c25-21(16-7-2-1-3-8-16)15-24-12-6-10-18(14-24)22(26)20-13-17-9-4-5-11-19(17)23-20;/h1-14H,15H2;1H. The number of para-hydroxylation sites is 1. The molecule has 0 aliphatic rings. The molecule has 134 valence electrons. The number of nitrogens with zero attached hydrogens (tertiary/aromatic N) is 1. The number of benzene rings is 2. The highest BCUT2D eigenvalue weighted by Gasteiger charge is 2.17. The first-order valence-corrected chi connectivity index (χ1v) is 8.40. The normalized spacial score (nSPS) is 10.4. The van der Waals surface area contributed by atoms with Gasteiger partial charge >= 0.3 is 0 Å². The summed E-state index contributed by atoms with van der Waals surface area (Å²) >= 11 is 0. The highest BCUT2D eigenvalue weighted by atomic mass is 79.9. The van der Waals surface area contributed by atoms with Gasteiger partial charge in [0.1, 0.15) is 0 Å². The number of carbonyl (C=O) groups excluding carboxylic acids is 2. The zero-order valence-corrected chi connectivity index (χ0v) is 16.0. The van der Waals surface area contributed by atoms with Crippen molar-refractivity contribution >= 4 is 22.5 Å². The van der Waals surface area contributed by atoms with Crippen LogP contribution >= 0.6 is 0 Å². The van der Waals surface area contributed by atoms with Crippen LogP contribution in [0, 0.1) is 0 Å². The van der Waals surface area contributed by atoms with Crippen LogP contribution in [0.4, 0.5) is 0 Å². The van der Waals surface area contributed by atoms with Crippen LogP contribution in [-0.4, -0.2) is 16.6 Å². The van der Waals surface area contributed by atoms with E-state index in [1.807, 2.05) is 48.5 Å². The van der Waals surface area contributed by atoms with Gasteiger partial charge in [0.15, 0.2) is 12.4 Å². The highest BCUT2D eigenvalue weighted by Crippen LogP contribution is 2.17. The van der Waals surface area contributed by atoms with Crippen molar-refractivity contribution in [2.75, 3.05) is 0 Å². The number of H-pyrrole nitrogens is 1. The summed E-state index contributed by atoms with van der Waals surface area (Å²) in [6.07, 6.45) is 3.51. The smallest absolute Gasteiger partial charge is 0.227 e. The van der Waals surface area contributed by atoms with E-state index in [2.05, 4.69) is 4.98 Å². The number of carbonyl (C=O) groups is 2. The number of rotatable bonds is 5. The molecule has 4 nitrogen and oxygen atoms in total. The number of nitrogens with one attached hydrogen (secondary N) is 1. The summed E-state index contributed by atoms with van der Waals surface area (Å²) in [4.78, 5) is 28.3. The maximum atomic E-state index is 12.8. The Hall–Kier alpha value is -3.05. The Bertz CT molecular complexity index is 1070. The Labute approximate surface area is 167 Å². The molecule has 0 amide bonds. The Morgan fingerprint density at radius 1 is 0.852 bits per heavy atom. The van der Waals surface area contributed by atoms with Crippen LogP contribution in [0.3, 0.4) is 0 Å². The zero-order chi connectivity index (χ0) is 17.9. The Morgan fingerprint density at radius 3 is 2.33 bits per heavy atom. The maximum Gasteiger partial charge on any atom is 0.227 e. The lowest BCUT2D eigenvalue weighted by Gasteiger charge is -2.00. The summed E-state index contributed by atoms with van der Waals surface area (Å²) in [5, 5.41) is 0.999. The third-order valence-electron chi connectivity index (χ3n) is 4.32. The van der Waals surface area contributed by atoms with Crippen molar-refractivity contribution < 1.29 is 31.1 Å². The van der Waals surface area contributed by atoms with Crippen molar-refractivity contribution in [1.82, 2.24) is 4.98 Å². The minimum absolute atomic E-state index is 0. The molecule has 2 aromatic heterocycles. The fourth-order valence-corrected chi connectivity index (χ4v) is 2.99. The number of ketones is 2. The number of hydrogen-bond donors (Lipinski definition) is 1. The van der Waals surface area contributed by atoms with Gasteiger partial charge in [0.05, 0.1) is 11.3 Å². The monoisotopic (exact) mass is 420 g/mol. The summed E-state index contributed by atoms with van der Waals surface area (Å²) in [6.45, 7) is 0.192. The number of fused-ring (bicyclic) bond motifs is 1. The van der Waals surface area contributed by atoms with Gasteiger partial charge in [0.2, 0.25) is 18.1 Å². The maximum absolute atomic E-state index is 12.8. The van der Waals surface area contributed by atoms with E-state index in [0.29, 0.717) is 16.8 Å². The highest BCUT2D eigenvalue weighted by molar-refractivity contribution is 6.09. The van der Waals surface area contributed by atoms with Gasteiger partial charge in [-0.25, -0.2) is 0 Å². The molecular weight excluding hydrogens is 404 g/mol. The van der Waals surface area contributed by atoms with Gasteiger partial charge in [0.25, 0.3) is 0 Å². The first kappa shape index (κ1) is 18.7. The van der Waals surface area contributed by atoms with Gasteiger partial charge in [-0.2, -0.15) is 4.57 Å². The van der Waals surface area contributed by atoms with Crippen LogP contribution in [0.5, 0.6) is 0 Å². The van der Waals surface area contributed by atoms with Crippen LogP contribution in [0.2, 0.25) is 0 Å². The molecule has 27 heavy (non-hydrogen) atoms. The van der Waals surface area contributed by atoms with Crippen molar-refractivity contribution in [3.05, 3.63) is 102 Å². The molecule has 0 bridgehead atoms. The fourth-order valence-electron chi connectivity index (χ4n) is 2.99. The van der Waals surface area contributed by atoms with Crippen molar-refractivity contribution in [1.29, 1.82) is 0 Å². The molecule has 0 aliphatic heterocycles. The average Bonchev–Trinajstić information content (AvgIpc) is 3.12. The van der Waals surface area contributed by atoms with Crippen molar-refractivity contribution in [2.24, 2.45) is 0 Å². The molecule has 0 saturated heterocycles. The Balaban J connectivity index is 0.00000210. The van der Waals surface area contributed by atoms with E-state index in [4.69, 9.17) is 0 Å². The molecule has 2 aromatic carbocycles. The van der Waals surface area contributed by atoms with E-state index >= 15 is 0 Å². The molecule has 2 heterocycles. The minimum Gasteiger partial charge on any atom is -1.00 e. The lowest BCUT2D eigenvalue weighted by Crippen LogP contribution is -3.00. The molecule has 0 aliphatic carbocycles. The van der Waals surface area contributed by atoms with E-state index in [-0.39, 0.29) is 35.1 Å². The predicted molar refractivity (Wildman–Crippen MR) is 99.1 cm³/mol. The molecule has 0 fully saturated rings. The molecule has 5 heteroatoms. The first-order chi connectivity index (χ1) is 12.7. The predicted octanol–water partition coefficient (Wildman–Crippen LogP) is 0.573. The summed E-state index contributed by atoms with van der Waals surface area (Å²) < 4.78 is 1.74. The molecule has 0 atom stereocenters. The molecule has 4 rings (SSSR count). The van der Waals surface area contributed by atoms with E-state index in [0.717, 1.165) is 10.9 Å². The van der Waals surface area contributed by atoms with Gasteiger partial charge in [-0.3, -0.25) is 9.59 Å². The molecule has 0 radical (unpaired) electrons. The lowest BCUT2D eigenvalue weighted by molar-refractivity contribution is -0.683. The molecule has 0 unspecified atom stereocenters.